The SMILES string of the molecule is CC(=O)CCC1CC(=O)C1. The Morgan fingerprint density at radius 3 is 2.60 bits per heavy atom. The van der Waals surface area contributed by atoms with Crippen LogP contribution in [0.2, 0.25) is 0 Å². The molecule has 0 aliphatic heterocycles. The van der Waals surface area contributed by atoms with Gasteiger partial charge in [0, 0.05) is 19.3 Å². The molecule has 1 aliphatic carbocycles. The van der Waals surface area contributed by atoms with Crippen molar-refractivity contribution in [1.29, 1.82) is 0 Å². The molecular weight excluding hydrogens is 128 g/mol. The van der Waals surface area contributed by atoms with Crippen LogP contribution in [0.4, 0.5) is 0 Å². The topological polar surface area (TPSA) is 34.1 Å². The van der Waals surface area contributed by atoms with Gasteiger partial charge in [0.25, 0.3) is 0 Å². The van der Waals surface area contributed by atoms with E-state index >= 15 is 0 Å². The van der Waals surface area contributed by atoms with Gasteiger partial charge >= 0.3 is 0 Å². The number of ketones is 2. The van der Waals surface area contributed by atoms with Crippen LogP contribution in [-0.4, -0.2) is 11.6 Å². The molecule has 0 aromatic rings. The van der Waals surface area contributed by atoms with Crippen LogP contribution in [0.3, 0.4) is 0 Å². The second kappa shape index (κ2) is 2.95. The summed E-state index contributed by atoms with van der Waals surface area (Å²) in [7, 11) is 0. The van der Waals surface area contributed by atoms with E-state index in [0.717, 1.165) is 6.42 Å². The first-order chi connectivity index (χ1) is 4.68. The Bertz CT molecular complexity index is 153. The molecule has 0 bridgehead atoms. The molecule has 0 atom stereocenters. The molecule has 1 aliphatic rings. The van der Waals surface area contributed by atoms with Crippen molar-refractivity contribution < 1.29 is 9.59 Å². The Hall–Kier alpha value is -0.660. The fourth-order valence-corrected chi connectivity index (χ4v) is 1.20. The van der Waals surface area contributed by atoms with E-state index in [1.165, 1.54) is 0 Å². The lowest BCUT2D eigenvalue weighted by Gasteiger charge is -2.22. The summed E-state index contributed by atoms with van der Waals surface area (Å²) >= 11 is 0. The van der Waals surface area contributed by atoms with Gasteiger partial charge in [-0.1, -0.05) is 0 Å². The minimum absolute atomic E-state index is 0.236. The Morgan fingerprint density at radius 2 is 2.20 bits per heavy atom. The standard InChI is InChI=1S/C8H12O2/c1-6(9)2-3-7-4-8(10)5-7/h7H,2-5H2,1H3. The van der Waals surface area contributed by atoms with Gasteiger partial charge in [-0.05, 0) is 19.3 Å². The Labute approximate surface area is 60.6 Å². The van der Waals surface area contributed by atoms with Gasteiger partial charge < -0.3 is 4.79 Å². The first-order valence-corrected chi connectivity index (χ1v) is 3.69. The molecule has 0 amide bonds. The van der Waals surface area contributed by atoms with E-state index < -0.39 is 0 Å². The highest BCUT2D eigenvalue weighted by Crippen LogP contribution is 2.27. The number of carbonyl (C=O) groups is 2. The number of Topliss-reactive ketones (excluding diaryl/α,β-unsaturated/α-hetero) is 2. The molecule has 0 heterocycles. The molecule has 0 spiro atoms. The smallest absolute Gasteiger partial charge is 0.133 e. The molecular formula is C8H12O2. The predicted octanol–water partition coefficient (Wildman–Crippen LogP) is 1.33. The van der Waals surface area contributed by atoms with E-state index in [2.05, 4.69) is 0 Å². The molecule has 56 valence electrons. The van der Waals surface area contributed by atoms with Gasteiger partial charge in [-0.25, -0.2) is 0 Å². The molecule has 1 saturated carbocycles. The Morgan fingerprint density at radius 1 is 1.60 bits per heavy atom. The number of carbonyl (C=O) groups excluding carboxylic acids is 2. The van der Waals surface area contributed by atoms with Gasteiger partial charge in [-0.3, -0.25) is 4.79 Å². The summed E-state index contributed by atoms with van der Waals surface area (Å²) in [6, 6.07) is 0. The fraction of sp³-hybridized carbons (Fsp3) is 0.750. The first kappa shape index (κ1) is 7.45. The lowest BCUT2D eigenvalue weighted by molar-refractivity contribution is -0.128. The molecule has 1 rings (SSSR count). The minimum Gasteiger partial charge on any atom is -0.300 e. The maximum atomic E-state index is 10.5. The van der Waals surface area contributed by atoms with Crippen LogP contribution in [0.25, 0.3) is 0 Å². The average Bonchev–Trinajstić information content (AvgIpc) is 1.77. The number of hydrogen-bond acceptors (Lipinski definition) is 2. The van der Waals surface area contributed by atoms with Gasteiger partial charge in [0.2, 0.25) is 0 Å². The van der Waals surface area contributed by atoms with Crippen LogP contribution in [0.5, 0.6) is 0 Å². The molecule has 0 radical (unpaired) electrons. The highest BCUT2D eigenvalue weighted by Gasteiger charge is 2.25. The van der Waals surface area contributed by atoms with E-state index in [4.69, 9.17) is 0 Å². The van der Waals surface area contributed by atoms with E-state index in [1.807, 2.05) is 0 Å². The summed E-state index contributed by atoms with van der Waals surface area (Å²) in [4.78, 5) is 21.0. The van der Waals surface area contributed by atoms with Crippen LogP contribution in [0.1, 0.15) is 32.6 Å². The second-order valence-electron chi connectivity index (χ2n) is 3.05. The van der Waals surface area contributed by atoms with Gasteiger partial charge in [0.05, 0.1) is 0 Å². The van der Waals surface area contributed by atoms with Crippen molar-refractivity contribution in [3.8, 4) is 0 Å². The molecule has 0 N–H and O–H groups in total. The van der Waals surface area contributed by atoms with Crippen LogP contribution in [0.15, 0.2) is 0 Å². The fourth-order valence-electron chi connectivity index (χ4n) is 1.20. The lowest BCUT2D eigenvalue weighted by Crippen LogP contribution is -2.23. The molecule has 0 unspecified atom stereocenters. The molecule has 0 aromatic heterocycles. The summed E-state index contributed by atoms with van der Waals surface area (Å²) in [5, 5.41) is 0. The maximum Gasteiger partial charge on any atom is 0.133 e. The molecule has 2 heteroatoms. The van der Waals surface area contributed by atoms with Crippen LogP contribution < -0.4 is 0 Å². The summed E-state index contributed by atoms with van der Waals surface area (Å²) in [5.41, 5.74) is 0. The first-order valence-electron chi connectivity index (χ1n) is 3.69. The lowest BCUT2D eigenvalue weighted by atomic mass is 9.80. The van der Waals surface area contributed by atoms with Crippen molar-refractivity contribution in [3.05, 3.63) is 0 Å². The van der Waals surface area contributed by atoms with Crippen molar-refractivity contribution in [2.45, 2.75) is 32.6 Å². The molecule has 0 saturated heterocycles. The van der Waals surface area contributed by atoms with E-state index in [1.54, 1.807) is 6.92 Å². The molecule has 10 heavy (non-hydrogen) atoms. The molecule has 1 fully saturated rings. The summed E-state index contributed by atoms with van der Waals surface area (Å²) in [6.45, 7) is 1.60. The summed E-state index contributed by atoms with van der Waals surface area (Å²) in [6.07, 6.45) is 3.00. The van der Waals surface area contributed by atoms with E-state index in [0.29, 0.717) is 31.0 Å². The van der Waals surface area contributed by atoms with Crippen LogP contribution in [0, 0.1) is 5.92 Å². The third-order valence-corrected chi connectivity index (χ3v) is 1.94. The predicted molar refractivity (Wildman–Crippen MR) is 37.6 cm³/mol. The summed E-state index contributed by atoms with van der Waals surface area (Å²) < 4.78 is 0. The highest BCUT2D eigenvalue weighted by molar-refractivity contribution is 5.84. The monoisotopic (exact) mass is 140 g/mol. The highest BCUT2D eigenvalue weighted by atomic mass is 16.1. The largest absolute Gasteiger partial charge is 0.300 e. The quantitative estimate of drug-likeness (QED) is 0.592. The van der Waals surface area contributed by atoms with Crippen molar-refractivity contribution in [2.75, 3.05) is 0 Å². The second-order valence-corrected chi connectivity index (χ2v) is 3.05. The van der Waals surface area contributed by atoms with Gasteiger partial charge in [-0.15, -0.1) is 0 Å². The van der Waals surface area contributed by atoms with Crippen LogP contribution in [-0.2, 0) is 9.59 Å². The zero-order valence-electron chi connectivity index (χ0n) is 6.22. The normalized spacial score (nSPS) is 18.7. The zero-order chi connectivity index (χ0) is 7.56. The van der Waals surface area contributed by atoms with E-state index in [9.17, 15) is 9.59 Å². The minimum atomic E-state index is 0.236. The average molecular weight is 140 g/mol. The van der Waals surface area contributed by atoms with Gasteiger partial charge in [-0.2, -0.15) is 0 Å². The zero-order valence-corrected chi connectivity index (χ0v) is 6.22. The van der Waals surface area contributed by atoms with Crippen molar-refractivity contribution in [1.82, 2.24) is 0 Å². The molecule has 2 nitrogen and oxygen atoms in total. The molecule has 0 aromatic carbocycles. The Kier molecular flexibility index (Phi) is 2.20. The number of hydrogen-bond donors (Lipinski definition) is 0. The van der Waals surface area contributed by atoms with Crippen molar-refractivity contribution in [3.63, 3.8) is 0 Å². The van der Waals surface area contributed by atoms with Crippen LogP contribution >= 0.6 is 0 Å². The third kappa shape index (κ3) is 1.94. The van der Waals surface area contributed by atoms with E-state index in [-0.39, 0.29) is 5.78 Å². The third-order valence-electron chi connectivity index (χ3n) is 1.94. The van der Waals surface area contributed by atoms with Crippen molar-refractivity contribution in [2.24, 2.45) is 5.92 Å². The summed E-state index contributed by atoms with van der Waals surface area (Å²) in [5.74, 6) is 1.12. The maximum absolute atomic E-state index is 10.5. The Balaban J connectivity index is 2.05. The van der Waals surface area contributed by atoms with Gasteiger partial charge in [0.1, 0.15) is 11.6 Å². The van der Waals surface area contributed by atoms with Gasteiger partial charge in [0.15, 0.2) is 0 Å². The number of rotatable bonds is 3. The van der Waals surface area contributed by atoms with Crippen molar-refractivity contribution >= 4 is 11.6 Å².